The van der Waals surface area contributed by atoms with Gasteiger partial charge in [0.05, 0.1) is 6.61 Å². The maximum absolute atomic E-state index is 12.9. The van der Waals surface area contributed by atoms with E-state index in [1.807, 2.05) is 75.4 Å². The summed E-state index contributed by atoms with van der Waals surface area (Å²) >= 11 is 5.99. The average Bonchev–Trinajstić information content (AvgIpc) is 2.86. The molecule has 184 valence electrons. The lowest BCUT2D eigenvalue weighted by atomic mass is 10.0. The summed E-state index contributed by atoms with van der Waals surface area (Å²) in [7, 11) is 0. The van der Waals surface area contributed by atoms with Crippen molar-refractivity contribution in [3.63, 3.8) is 0 Å². The second-order valence-corrected chi connectivity index (χ2v) is 8.66. The van der Waals surface area contributed by atoms with Gasteiger partial charge in [-0.15, -0.1) is 6.58 Å². The van der Waals surface area contributed by atoms with E-state index in [-0.39, 0.29) is 5.57 Å². The van der Waals surface area contributed by atoms with Gasteiger partial charge >= 0.3 is 0 Å². The molecule has 3 rings (SSSR count). The molecule has 36 heavy (non-hydrogen) atoms. The van der Waals surface area contributed by atoms with E-state index >= 15 is 0 Å². The van der Waals surface area contributed by atoms with Crippen LogP contribution in [-0.2, 0) is 17.8 Å². The minimum atomic E-state index is -0.475. The van der Waals surface area contributed by atoms with Gasteiger partial charge in [0.25, 0.3) is 5.91 Å². The number of halogens is 1. The number of anilines is 1. The largest absolute Gasteiger partial charge is 0.490 e. The molecule has 0 radical (unpaired) electrons. The number of ether oxygens (including phenoxy) is 2. The summed E-state index contributed by atoms with van der Waals surface area (Å²) in [6.45, 7) is 10.4. The van der Waals surface area contributed by atoms with Gasteiger partial charge in [0.2, 0.25) is 0 Å². The van der Waals surface area contributed by atoms with Crippen molar-refractivity contribution in [1.82, 2.24) is 0 Å². The van der Waals surface area contributed by atoms with Crippen LogP contribution in [0.5, 0.6) is 11.5 Å². The van der Waals surface area contributed by atoms with Gasteiger partial charge in [-0.3, -0.25) is 4.79 Å². The number of hydrogen-bond acceptors (Lipinski definition) is 4. The Morgan fingerprint density at radius 1 is 1.14 bits per heavy atom. The quantitative estimate of drug-likeness (QED) is 0.181. The third-order valence-electron chi connectivity index (χ3n) is 5.64. The number of nitrogens with one attached hydrogen (secondary N) is 1. The molecule has 0 heterocycles. The second kappa shape index (κ2) is 12.6. The maximum Gasteiger partial charge on any atom is 0.266 e. The zero-order valence-corrected chi connectivity index (χ0v) is 21.5. The minimum Gasteiger partial charge on any atom is -0.490 e. The van der Waals surface area contributed by atoms with Crippen LogP contribution >= 0.6 is 11.6 Å². The summed E-state index contributed by atoms with van der Waals surface area (Å²) in [4.78, 5) is 12.9. The van der Waals surface area contributed by atoms with Crippen molar-refractivity contribution in [3.8, 4) is 17.6 Å². The van der Waals surface area contributed by atoms with E-state index in [1.165, 1.54) is 0 Å². The van der Waals surface area contributed by atoms with Crippen molar-refractivity contribution < 1.29 is 14.3 Å². The van der Waals surface area contributed by atoms with Gasteiger partial charge in [-0.05, 0) is 85.9 Å². The number of allylic oxidation sites excluding steroid dienone is 1. The first kappa shape index (κ1) is 26.6. The molecule has 3 aromatic rings. The number of hydrogen-bond donors (Lipinski definition) is 1. The predicted octanol–water partition coefficient (Wildman–Crippen LogP) is 7.21. The molecular weight excluding hydrogens is 472 g/mol. The fourth-order valence-corrected chi connectivity index (χ4v) is 3.75. The van der Waals surface area contributed by atoms with Crippen LogP contribution in [0.1, 0.15) is 34.7 Å². The molecule has 1 N–H and O–H groups in total. The molecule has 0 saturated carbocycles. The molecule has 5 nitrogen and oxygen atoms in total. The van der Waals surface area contributed by atoms with E-state index in [9.17, 15) is 10.1 Å². The molecule has 0 spiro atoms. The number of benzene rings is 3. The molecule has 0 aliphatic rings. The van der Waals surface area contributed by atoms with Gasteiger partial charge in [-0.25, -0.2) is 0 Å². The van der Waals surface area contributed by atoms with Gasteiger partial charge in [-0.1, -0.05) is 41.9 Å². The van der Waals surface area contributed by atoms with Crippen molar-refractivity contribution >= 4 is 29.3 Å². The third-order valence-corrected chi connectivity index (χ3v) is 5.90. The predicted molar refractivity (Wildman–Crippen MR) is 145 cm³/mol. The van der Waals surface area contributed by atoms with Crippen LogP contribution in [0.2, 0.25) is 5.02 Å². The number of aryl methyl sites for hydroxylation is 1. The Kier molecular flexibility index (Phi) is 9.32. The highest BCUT2D eigenvalue weighted by Gasteiger charge is 2.16. The van der Waals surface area contributed by atoms with Crippen molar-refractivity contribution in [2.24, 2.45) is 0 Å². The lowest BCUT2D eigenvalue weighted by Crippen LogP contribution is -2.14. The second-order valence-electron chi connectivity index (χ2n) is 8.22. The fourth-order valence-electron chi connectivity index (χ4n) is 3.63. The SMILES string of the molecule is C=CCc1cc(/C=C(\C#N)C(=O)Nc2cccc(C)c2C)cc(OCC)c1OCc1ccc(Cl)cc1. The molecule has 0 fully saturated rings. The molecule has 1 amide bonds. The molecule has 0 unspecified atom stereocenters. The van der Waals surface area contributed by atoms with Crippen LogP contribution in [0.4, 0.5) is 5.69 Å². The van der Waals surface area contributed by atoms with E-state index in [0.717, 1.165) is 22.3 Å². The van der Waals surface area contributed by atoms with Crippen molar-refractivity contribution in [2.45, 2.75) is 33.8 Å². The Hall–Kier alpha value is -4.01. The summed E-state index contributed by atoms with van der Waals surface area (Å²) in [5.41, 5.74) is 5.12. The van der Waals surface area contributed by atoms with Crippen molar-refractivity contribution in [2.75, 3.05) is 11.9 Å². The fraction of sp³-hybridized carbons (Fsp3) is 0.200. The number of nitrogens with zero attached hydrogens (tertiary/aromatic N) is 1. The Labute approximate surface area is 217 Å². The molecular formula is C30H29ClN2O3. The highest BCUT2D eigenvalue weighted by atomic mass is 35.5. The Bertz CT molecular complexity index is 1320. The number of carbonyl (C=O) groups is 1. The smallest absolute Gasteiger partial charge is 0.266 e. The molecule has 6 heteroatoms. The molecule has 0 aliphatic carbocycles. The van der Waals surface area contributed by atoms with Gasteiger partial charge < -0.3 is 14.8 Å². The van der Waals surface area contributed by atoms with Gasteiger partial charge in [0.1, 0.15) is 18.2 Å². The van der Waals surface area contributed by atoms with E-state index in [4.69, 9.17) is 21.1 Å². The van der Waals surface area contributed by atoms with E-state index in [2.05, 4.69) is 11.9 Å². The zero-order chi connectivity index (χ0) is 26.1. The van der Waals surface area contributed by atoms with Crippen molar-refractivity contribution in [3.05, 3.63) is 106 Å². The van der Waals surface area contributed by atoms with Gasteiger partial charge in [0, 0.05) is 16.3 Å². The topological polar surface area (TPSA) is 71.4 Å². The summed E-state index contributed by atoms with van der Waals surface area (Å²) in [5.74, 6) is 0.656. The lowest BCUT2D eigenvalue weighted by Gasteiger charge is -2.17. The first-order chi connectivity index (χ1) is 17.4. The van der Waals surface area contributed by atoms with Crippen LogP contribution in [0, 0.1) is 25.2 Å². The normalized spacial score (nSPS) is 10.9. The Morgan fingerprint density at radius 2 is 1.89 bits per heavy atom. The molecule has 0 aliphatic heterocycles. The Balaban J connectivity index is 1.94. The summed E-state index contributed by atoms with van der Waals surface area (Å²) in [5, 5.41) is 13.2. The standard InChI is InChI=1S/C30H29ClN2O3/c1-5-8-24-15-23(16-25(18-32)30(34)33-27-10-7-9-20(3)21(27)4)17-28(35-6-2)29(24)36-19-22-11-13-26(31)14-12-22/h5,7,9-17H,1,6,8,19H2,2-4H3,(H,33,34)/b25-16+. The number of rotatable bonds is 10. The van der Waals surface area contributed by atoms with Crippen LogP contribution in [0.25, 0.3) is 6.08 Å². The molecule has 0 aromatic heterocycles. The average molecular weight is 501 g/mol. The molecule has 0 atom stereocenters. The highest BCUT2D eigenvalue weighted by Crippen LogP contribution is 2.35. The molecule has 0 saturated heterocycles. The molecule has 3 aromatic carbocycles. The third kappa shape index (κ3) is 6.78. The van der Waals surface area contributed by atoms with E-state index < -0.39 is 5.91 Å². The first-order valence-corrected chi connectivity index (χ1v) is 12.0. The summed E-state index contributed by atoms with van der Waals surface area (Å²) < 4.78 is 12.0. The summed E-state index contributed by atoms with van der Waals surface area (Å²) in [6, 6.07) is 18.8. The number of carbonyl (C=O) groups excluding carboxylic acids is 1. The first-order valence-electron chi connectivity index (χ1n) is 11.6. The molecule has 0 bridgehead atoms. The van der Waals surface area contributed by atoms with Gasteiger partial charge in [0.15, 0.2) is 11.5 Å². The summed E-state index contributed by atoms with van der Waals surface area (Å²) in [6.07, 6.45) is 3.85. The van der Waals surface area contributed by atoms with Crippen LogP contribution in [0.15, 0.2) is 72.8 Å². The van der Waals surface area contributed by atoms with Crippen LogP contribution < -0.4 is 14.8 Å². The van der Waals surface area contributed by atoms with E-state index in [0.29, 0.717) is 47.4 Å². The highest BCUT2D eigenvalue weighted by molar-refractivity contribution is 6.30. The Morgan fingerprint density at radius 3 is 2.56 bits per heavy atom. The van der Waals surface area contributed by atoms with Crippen LogP contribution in [-0.4, -0.2) is 12.5 Å². The monoisotopic (exact) mass is 500 g/mol. The van der Waals surface area contributed by atoms with Gasteiger partial charge in [-0.2, -0.15) is 5.26 Å². The number of amides is 1. The van der Waals surface area contributed by atoms with Crippen molar-refractivity contribution in [1.29, 1.82) is 5.26 Å². The maximum atomic E-state index is 12.9. The minimum absolute atomic E-state index is 0.0160. The zero-order valence-electron chi connectivity index (χ0n) is 20.7. The van der Waals surface area contributed by atoms with E-state index in [1.54, 1.807) is 18.2 Å². The number of nitriles is 1. The van der Waals surface area contributed by atoms with Crippen LogP contribution in [0.3, 0.4) is 0 Å². The lowest BCUT2D eigenvalue weighted by molar-refractivity contribution is -0.112.